The van der Waals surface area contributed by atoms with Gasteiger partial charge in [-0.25, -0.2) is 4.98 Å². The maximum atomic E-state index is 12.4. The van der Waals surface area contributed by atoms with Crippen LogP contribution in [-0.2, 0) is 17.6 Å². The highest BCUT2D eigenvalue weighted by Crippen LogP contribution is 2.30. The van der Waals surface area contributed by atoms with Gasteiger partial charge in [-0.15, -0.1) is 0 Å². The molecule has 0 radical (unpaired) electrons. The van der Waals surface area contributed by atoms with E-state index in [0.29, 0.717) is 30.4 Å². The van der Waals surface area contributed by atoms with Gasteiger partial charge in [0.05, 0.1) is 5.69 Å². The number of nitrogens with zero attached hydrogens (tertiary/aromatic N) is 4. The standard InChI is InChI=1S/C21H31N5O2/c1-2-16-19-20(26-13-7-4-8-14-26)23-17(24-21(19)28-25-16)11-12-18(27)22-15-9-5-3-6-10-15/h15H,2-14H2,1H3,(H,22,27). The molecule has 1 amide bonds. The van der Waals surface area contributed by atoms with Crippen LogP contribution in [0.2, 0.25) is 0 Å². The van der Waals surface area contributed by atoms with Crippen molar-refractivity contribution >= 4 is 22.8 Å². The zero-order chi connectivity index (χ0) is 19.3. The van der Waals surface area contributed by atoms with Gasteiger partial charge in [-0.3, -0.25) is 4.79 Å². The summed E-state index contributed by atoms with van der Waals surface area (Å²) in [4.78, 5) is 24.1. The lowest BCUT2D eigenvalue weighted by Gasteiger charge is -2.28. The fourth-order valence-electron chi connectivity index (χ4n) is 4.39. The topological polar surface area (TPSA) is 84.1 Å². The molecule has 0 aromatic carbocycles. The van der Waals surface area contributed by atoms with E-state index < -0.39 is 0 Å². The molecular formula is C21H31N5O2. The van der Waals surface area contributed by atoms with Crippen LogP contribution >= 0.6 is 0 Å². The maximum Gasteiger partial charge on any atom is 0.263 e. The first-order valence-electron chi connectivity index (χ1n) is 10.9. The van der Waals surface area contributed by atoms with E-state index in [1.807, 2.05) is 0 Å². The number of aromatic nitrogens is 3. The number of fused-ring (bicyclic) bond motifs is 1. The molecule has 2 aromatic rings. The van der Waals surface area contributed by atoms with E-state index in [2.05, 4.69) is 27.3 Å². The number of carbonyl (C=O) groups excluding carboxylic acids is 1. The molecule has 0 atom stereocenters. The summed E-state index contributed by atoms with van der Waals surface area (Å²) >= 11 is 0. The van der Waals surface area contributed by atoms with Crippen molar-refractivity contribution in [1.82, 2.24) is 20.4 Å². The number of carbonyl (C=O) groups is 1. The molecule has 28 heavy (non-hydrogen) atoms. The Morgan fingerprint density at radius 2 is 1.86 bits per heavy atom. The molecule has 2 aromatic heterocycles. The van der Waals surface area contributed by atoms with Crippen molar-refractivity contribution in [3.8, 4) is 0 Å². The third-order valence-corrected chi connectivity index (χ3v) is 5.97. The molecule has 3 heterocycles. The van der Waals surface area contributed by atoms with Crippen LogP contribution in [0.25, 0.3) is 11.1 Å². The summed E-state index contributed by atoms with van der Waals surface area (Å²) in [5, 5.41) is 8.32. The molecule has 0 spiro atoms. The van der Waals surface area contributed by atoms with Crippen molar-refractivity contribution in [3.05, 3.63) is 11.5 Å². The summed E-state index contributed by atoms with van der Waals surface area (Å²) in [5.41, 5.74) is 1.47. The summed E-state index contributed by atoms with van der Waals surface area (Å²) in [7, 11) is 0. The first-order chi connectivity index (χ1) is 13.7. The molecule has 0 unspecified atom stereocenters. The van der Waals surface area contributed by atoms with Gasteiger partial charge >= 0.3 is 0 Å². The van der Waals surface area contributed by atoms with Gasteiger partial charge in [0.1, 0.15) is 17.0 Å². The Labute approximate surface area is 166 Å². The lowest BCUT2D eigenvalue weighted by Crippen LogP contribution is -2.36. The molecule has 7 heteroatoms. The molecule has 2 aliphatic rings. The molecule has 1 saturated heterocycles. The van der Waals surface area contributed by atoms with Crippen LogP contribution in [-0.4, -0.2) is 40.2 Å². The van der Waals surface area contributed by atoms with Crippen LogP contribution in [0.4, 0.5) is 5.82 Å². The normalized spacial score (nSPS) is 18.5. The van der Waals surface area contributed by atoms with Gasteiger partial charge < -0.3 is 14.7 Å². The summed E-state index contributed by atoms with van der Waals surface area (Å²) < 4.78 is 5.51. The summed E-state index contributed by atoms with van der Waals surface area (Å²) in [6.45, 7) is 4.07. The number of hydrogen-bond donors (Lipinski definition) is 1. The van der Waals surface area contributed by atoms with Crippen LogP contribution in [0.15, 0.2) is 4.52 Å². The van der Waals surface area contributed by atoms with E-state index in [4.69, 9.17) is 9.51 Å². The monoisotopic (exact) mass is 385 g/mol. The number of aryl methyl sites for hydroxylation is 2. The minimum absolute atomic E-state index is 0.0990. The van der Waals surface area contributed by atoms with Crippen LogP contribution in [0.3, 0.4) is 0 Å². The van der Waals surface area contributed by atoms with Crippen molar-refractivity contribution in [2.45, 2.75) is 83.6 Å². The highest BCUT2D eigenvalue weighted by Gasteiger charge is 2.23. The molecule has 4 rings (SSSR count). The van der Waals surface area contributed by atoms with Gasteiger partial charge in [0.15, 0.2) is 0 Å². The molecule has 1 aliphatic heterocycles. The fraction of sp³-hybridized carbons (Fsp3) is 0.714. The highest BCUT2D eigenvalue weighted by molar-refractivity contribution is 5.88. The maximum absolute atomic E-state index is 12.4. The molecule has 0 bridgehead atoms. The van der Waals surface area contributed by atoms with Crippen LogP contribution in [0.1, 0.15) is 76.2 Å². The van der Waals surface area contributed by atoms with Crippen LogP contribution in [0, 0.1) is 0 Å². The number of amides is 1. The van der Waals surface area contributed by atoms with Gasteiger partial charge in [0.2, 0.25) is 5.91 Å². The zero-order valence-corrected chi connectivity index (χ0v) is 16.9. The van der Waals surface area contributed by atoms with Crippen LogP contribution in [0.5, 0.6) is 0 Å². The van der Waals surface area contributed by atoms with E-state index >= 15 is 0 Å². The predicted molar refractivity (Wildman–Crippen MR) is 108 cm³/mol. The Balaban J connectivity index is 1.49. The highest BCUT2D eigenvalue weighted by atomic mass is 16.5. The van der Waals surface area contributed by atoms with Gasteiger partial charge in [-0.1, -0.05) is 31.3 Å². The zero-order valence-electron chi connectivity index (χ0n) is 16.9. The number of anilines is 1. The molecule has 152 valence electrons. The van der Waals surface area contributed by atoms with Crippen molar-refractivity contribution in [2.24, 2.45) is 0 Å². The average Bonchev–Trinajstić information content (AvgIpc) is 3.16. The van der Waals surface area contributed by atoms with Crippen molar-refractivity contribution in [1.29, 1.82) is 0 Å². The summed E-state index contributed by atoms with van der Waals surface area (Å²) in [6.07, 6.45) is 11.3. The minimum Gasteiger partial charge on any atom is -0.356 e. The minimum atomic E-state index is 0.0990. The van der Waals surface area contributed by atoms with E-state index in [1.54, 1.807) is 0 Å². The lowest BCUT2D eigenvalue weighted by molar-refractivity contribution is -0.122. The Hall–Kier alpha value is -2.18. The number of hydrogen-bond acceptors (Lipinski definition) is 6. The van der Waals surface area contributed by atoms with Crippen molar-refractivity contribution in [2.75, 3.05) is 18.0 Å². The second-order valence-corrected chi connectivity index (χ2v) is 8.08. The van der Waals surface area contributed by atoms with Crippen LogP contribution < -0.4 is 10.2 Å². The first-order valence-corrected chi connectivity index (χ1v) is 10.9. The van der Waals surface area contributed by atoms with Gasteiger partial charge in [0, 0.05) is 32.0 Å². The Kier molecular flexibility index (Phi) is 6.07. The number of rotatable bonds is 6. The fourth-order valence-corrected chi connectivity index (χ4v) is 4.39. The molecule has 7 nitrogen and oxygen atoms in total. The smallest absolute Gasteiger partial charge is 0.263 e. The largest absolute Gasteiger partial charge is 0.356 e. The van der Waals surface area contributed by atoms with E-state index in [0.717, 1.165) is 49.2 Å². The summed E-state index contributed by atoms with van der Waals surface area (Å²) in [6, 6.07) is 0.343. The lowest BCUT2D eigenvalue weighted by atomic mass is 9.95. The third-order valence-electron chi connectivity index (χ3n) is 5.97. The van der Waals surface area contributed by atoms with Crippen molar-refractivity contribution < 1.29 is 9.32 Å². The first kappa shape index (κ1) is 19.2. The average molecular weight is 386 g/mol. The van der Waals surface area contributed by atoms with Gasteiger partial charge in [-0.05, 0) is 38.5 Å². The molecular weight excluding hydrogens is 354 g/mol. The quantitative estimate of drug-likeness (QED) is 0.819. The molecule has 1 saturated carbocycles. The molecule has 1 N–H and O–H groups in total. The SMILES string of the molecule is CCc1noc2nc(CCC(=O)NC3CCCCC3)nc(N3CCCCC3)c12. The number of piperidine rings is 1. The molecule has 1 aliphatic carbocycles. The Morgan fingerprint density at radius 1 is 1.11 bits per heavy atom. The van der Waals surface area contributed by atoms with Gasteiger partial charge in [-0.2, -0.15) is 4.98 Å². The number of nitrogens with one attached hydrogen (secondary N) is 1. The van der Waals surface area contributed by atoms with Gasteiger partial charge in [0.25, 0.3) is 5.71 Å². The van der Waals surface area contributed by atoms with Crippen molar-refractivity contribution in [3.63, 3.8) is 0 Å². The van der Waals surface area contributed by atoms with E-state index in [-0.39, 0.29) is 5.91 Å². The van der Waals surface area contributed by atoms with E-state index in [9.17, 15) is 4.79 Å². The third kappa shape index (κ3) is 4.28. The second-order valence-electron chi connectivity index (χ2n) is 8.08. The summed E-state index contributed by atoms with van der Waals surface area (Å²) in [5.74, 6) is 1.71. The van der Waals surface area contributed by atoms with E-state index in [1.165, 1.54) is 38.5 Å². The second kappa shape index (κ2) is 8.88. The molecule has 2 fully saturated rings. The predicted octanol–water partition coefficient (Wildman–Crippen LogP) is 3.55. The Morgan fingerprint density at radius 3 is 2.61 bits per heavy atom. The Bertz CT molecular complexity index is 806.